The third kappa shape index (κ3) is 2.82. The molecule has 0 heterocycles. The molecule has 102 valence electrons. The summed E-state index contributed by atoms with van der Waals surface area (Å²) in [6, 6.07) is 11.8. The maximum absolute atomic E-state index is 12.3. The van der Waals surface area contributed by atoms with E-state index in [1.807, 2.05) is 6.07 Å². The lowest BCUT2D eigenvalue weighted by Gasteiger charge is -2.06. The number of hydrogen-bond acceptors (Lipinski definition) is 1. The van der Waals surface area contributed by atoms with E-state index in [-0.39, 0.29) is 5.78 Å². The third-order valence-electron chi connectivity index (χ3n) is 3.76. The molecule has 0 amide bonds. The standard InChI is InChI=1S/C17H14BrClO/c18-14-6-7-15(16(19)10-14)17(20)9-11-4-5-12-2-1-3-13(12)8-11/h4-8,10H,1-3,9H2. The first-order valence-corrected chi connectivity index (χ1v) is 7.89. The Morgan fingerprint density at radius 1 is 1.10 bits per heavy atom. The molecule has 20 heavy (non-hydrogen) atoms. The smallest absolute Gasteiger partial charge is 0.168 e. The lowest BCUT2D eigenvalue weighted by atomic mass is 9.99. The summed E-state index contributed by atoms with van der Waals surface area (Å²) in [6.45, 7) is 0. The summed E-state index contributed by atoms with van der Waals surface area (Å²) in [5, 5.41) is 0.505. The van der Waals surface area contributed by atoms with Gasteiger partial charge in [0.1, 0.15) is 0 Å². The molecule has 1 aliphatic carbocycles. The third-order valence-corrected chi connectivity index (χ3v) is 4.57. The van der Waals surface area contributed by atoms with Crippen molar-refractivity contribution in [3.8, 4) is 0 Å². The van der Waals surface area contributed by atoms with Gasteiger partial charge in [-0.3, -0.25) is 4.79 Å². The maximum Gasteiger partial charge on any atom is 0.168 e. The van der Waals surface area contributed by atoms with Crippen LogP contribution in [0.4, 0.5) is 0 Å². The summed E-state index contributed by atoms with van der Waals surface area (Å²) in [7, 11) is 0. The number of rotatable bonds is 3. The van der Waals surface area contributed by atoms with Gasteiger partial charge in [0.25, 0.3) is 0 Å². The van der Waals surface area contributed by atoms with Gasteiger partial charge in [-0.05, 0) is 54.2 Å². The normalized spacial score (nSPS) is 13.3. The predicted octanol–water partition coefficient (Wildman–Crippen LogP) is 5.02. The molecule has 0 atom stereocenters. The average Bonchev–Trinajstić information content (AvgIpc) is 2.85. The minimum absolute atomic E-state index is 0.0699. The summed E-state index contributed by atoms with van der Waals surface area (Å²) < 4.78 is 0.886. The number of hydrogen-bond donors (Lipinski definition) is 0. The second-order valence-corrected chi connectivity index (χ2v) is 6.50. The summed E-state index contributed by atoms with van der Waals surface area (Å²) in [5.41, 5.74) is 4.50. The van der Waals surface area contributed by atoms with Gasteiger partial charge in [-0.25, -0.2) is 0 Å². The highest BCUT2D eigenvalue weighted by Gasteiger charge is 2.14. The molecule has 2 aromatic carbocycles. The van der Waals surface area contributed by atoms with Crippen molar-refractivity contribution in [2.24, 2.45) is 0 Å². The second-order valence-electron chi connectivity index (χ2n) is 5.18. The van der Waals surface area contributed by atoms with E-state index in [1.165, 1.54) is 24.0 Å². The molecule has 0 unspecified atom stereocenters. The topological polar surface area (TPSA) is 17.1 Å². The molecule has 0 bridgehead atoms. The van der Waals surface area contributed by atoms with Crippen LogP contribution in [0.3, 0.4) is 0 Å². The highest BCUT2D eigenvalue weighted by atomic mass is 79.9. The maximum atomic E-state index is 12.3. The van der Waals surface area contributed by atoms with Crippen LogP contribution in [-0.4, -0.2) is 5.78 Å². The molecule has 3 heteroatoms. The van der Waals surface area contributed by atoms with Crippen LogP contribution in [0.25, 0.3) is 0 Å². The van der Waals surface area contributed by atoms with Crippen LogP contribution in [0.15, 0.2) is 40.9 Å². The zero-order valence-corrected chi connectivity index (χ0v) is 13.3. The Morgan fingerprint density at radius 3 is 2.70 bits per heavy atom. The molecule has 0 N–H and O–H groups in total. The molecule has 0 spiro atoms. The van der Waals surface area contributed by atoms with E-state index in [9.17, 15) is 4.79 Å². The van der Waals surface area contributed by atoms with Crippen molar-refractivity contribution >= 4 is 33.3 Å². The number of aryl methyl sites for hydroxylation is 2. The SMILES string of the molecule is O=C(Cc1ccc2c(c1)CCC2)c1ccc(Br)cc1Cl. The summed E-state index contributed by atoms with van der Waals surface area (Å²) in [5.74, 6) is 0.0699. The first-order chi connectivity index (χ1) is 9.63. The Labute approximate surface area is 132 Å². The van der Waals surface area contributed by atoms with Gasteiger partial charge in [-0.1, -0.05) is 45.7 Å². The fraction of sp³-hybridized carbons (Fsp3) is 0.235. The number of Topliss-reactive ketones (excluding diaryl/α,β-unsaturated/α-hetero) is 1. The Kier molecular flexibility index (Phi) is 3.95. The Morgan fingerprint density at radius 2 is 1.90 bits per heavy atom. The highest BCUT2D eigenvalue weighted by Crippen LogP contribution is 2.25. The van der Waals surface area contributed by atoms with Gasteiger partial charge >= 0.3 is 0 Å². The van der Waals surface area contributed by atoms with Crippen molar-refractivity contribution < 1.29 is 4.79 Å². The van der Waals surface area contributed by atoms with Gasteiger partial charge in [0.05, 0.1) is 5.02 Å². The van der Waals surface area contributed by atoms with Crippen molar-refractivity contribution in [1.29, 1.82) is 0 Å². The predicted molar refractivity (Wildman–Crippen MR) is 85.7 cm³/mol. The molecule has 0 aromatic heterocycles. The molecule has 1 nitrogen and oxygen atoms in total. The van der Waals surface area contributed by atoms with Crippen LogP contribution in [0.1, 0.15) is 33.5 Å². The van der Waals surface area contributed by atoms with Crippen molar-refractivity contribution in [2.45, 2.75) is 25.7 Å². The van der Waals surface area contributed by atoms with E-state index in [2.05, 4.69) is 34.1 Å². The van der Waals surface area contributed by atoms with Crippen molar-refractivity contribution in [1.82, 2.24) is 0 Å². The molecule has 0 fully saturated rings. The number of ketones is 1. The molecule has 3 rings (SSSR count). The van der Waals surface area contributed by atoms with Crippen LogP contribution in [0, 0.1) is 0 Å². The fourth-order valence-corrected chi connectivity index (χ4v) is 3.51. The molecule has 0 saturated heterocycles. The van der Waals surface area contributed by atoms with E-state index in [0.29, 0.717) is 17.0 Å². The molecule has 0 aliphatic heterocycles. The van der Waals surface area contributed by atoms with Gasteiger partial charge in [0.2, 0.25) is 0 Å². The number of fused-ring (bicyclic) bond motifs is 1. The van der Waals surface area contributed by atoms with Crippen LogP contribution in [-0.2, 0) is 19.3 Å². The minimum Gasteiger partial charge on any atom is -0.294 e. The first kappa shape index (κ1) is 13.8. The van der Waals surface area contributed by atoms with E-state index < -0.39 is 0 Å². The zero-order valence-electron chi connectivity index (χ0n) is 11.0. The Bertz CT molecular complexity index is 679. The van der Waals surface area contributed by atoms with Gasteiger partial charge in [0.15, 0.2) is 5.78 Å². The molecule has 0 saturated carbocycles. The summed E-state index contributed by atoms with van der Waals surface area (Å²) >= 11 is 9.48. The molecular weight excluding hydrogens is 336 g/mol. The van der Waals surface area contributed by atoms with E-state index in [4.69, 9.17) is 11.6 Å². The summed E-state index contributed by atoms with van der Waals surface area (Å²) in [4.78, 5) is 12.3. The van der Waals surface area contributed by atoms with Crippen LogP contribution < -0.4 is 0 Å². The van der Waals surface area contributed by atoms with Gasteiger partial charge in [0, 0.05) is 16.5 Å². The van der Waals surface area contributed by atoms with Crippen molar-refractivity contribution in [3.63, 3.8) is 0 Å². The second kappa shape index (κ2) is 5.71. The molecule has 1 aliphatic rings. The fourth-order valence-electron chi connectivity index (χ4n) is 2.73. The monoisotopic (exact) mass is 348 g/mol. The molecule has 0 radical (unpaired) electrons. The largest absolute Gasteiger partial charge is 0.294 e. The highest BCUT2D eigenvalue weighted by molar-refractivity contribution is 9.10. The molecular formula is C17H14BrClO. The van der Waals surface area contributed by atoms with Gasteiger partial charge in [-0.2, -0.15) is 0 Å². The van der Waals surface area contributed by atoms with Crippen molar-refractivity contribution in [3.05, 3.63) is 68.1 Å². The zero-order chi connectivity index (χ0) is 14.1. The number of carbonyl (C=O) groups excluding carboxylic acids is 1. The number of benzene rings is 2. The molecule has 2 aromatic rings. The lowest BCUT2D eigenvalue weighted by molar-refractivity contribution is 0.0993. The van der Waals surface area contributed by atoms with Crippen LogP contribution in [0.5, 0.6) is 0 Å². The Balaban J connectivity index is 1.82. The van der Waals surface area contributed by atoms with Gasteiger partial charge < -0.3 is 0 Å². The lowest BCUT2D eigenvalue weighted by Crippen LogP contribution is -2.04. The number of halogens is 2. The summed E-state index contributed by atoms with van der Waals surface area (Å²) in [6.07, 6.45) is 3.94. The quantitative estimate of drug-likeness (QED) is 0.711. The van der Waals surface area contributed by atoms with Crippen LogP contribution in [0.2, 0.25) is 5.02 Å². The van der Waals surface area contributed by atoms with E-state index >= 15 is 0 Å². The van der Waals surface area contributed by atoms with Gasteiger partial charge in [-0.15, -0.1) is 0 Å². The minimum atomic E-state index is 0.0699. The van der Waals surface area contributed by atoms with Crippen molar-refractivity contribution in [2.75, 3.05) is 0 Å². The Hall–Kier alpha value is -1.12. The van der Waals surface area contributed by atoms with E-state index in [0.717, 1.165) is 16.5 Å². The van der Waals surface area contributed by atoms with E-state index in [1.54, 1.807) is 12.1 Å². The number of carbonyl (C=O) groups is 1. The first-order valence-electron chi connectivity index (χ1n) is 6.72. The average molecular weight is 350 g/mol. The van der Waals surface area contributed by atoms with Crippen LogP contribution >= 0.6 is 27.5 Å².